The van der Waals surface area contributed by atoms with Gasteiger partial charge in [0.15, 0.2) is 0 Å². The molecule has 0 spiro atoms. The number of likely N-dealkylation sites (N-methyl/N-ethyl adjacent to an activating group) is 1. The van der Waals surface area contributed by atoms with Crippen LogP contribution in [0, 0.1) is 10.1 Å². The maximum absolute atomic E-state index is 11.5. The van der Waals surface area contributed by atoms with Gasteiger partial charge >= 0.3 is 0 Å². The van der Waals surface area contributed by atoms with Crippen molar-refractivity contribution >= 4 is 17.3 Å². The quantitative estimate of drug-likeness (QED) is 0.649. The lowest BCUT2D eigenvalue weighted by atomic mass is 10.1. The molecule has 1 aromatic rings. The molecule has 0 atom stereocenters. The maximum Gasteiger partial charge on any atom is 0.285 e. The highest BCUT2D eigenvalue weighted by atomic mass is 16.6. The molecule has 1 heterocycles. The van der Waals surface area contributed by atoms with E-state index >= 15 is 0 Å². The molecule has 134 valence electrons. The van der Waals surface area contributed by atoms with Crippen LogP contribution in [0.25, 0.3) is 0 Å². The van der Waals surface area contributed by atoms with E-state index in [0.717, 1.165) is 32.7 Å². The molecule has 24 heavy (non-hydrogen) atoms. The number of nitro benzene ring substituents is 1. The molecule has 0 bridgehead atoms. The van der Waals surface area contributed by atoms with E-state index in [1.807, 2.05) is 13.8 Å². The Labute approximate surface area is 142 Å². The standard InChI is InChI=1S/C14H20N4O4.C2H6/c1-3-16-4-6-17(7-5-16)12-8-10(14(15)19)11(18(20)21)9-13(12)22-2;1-2/h8-9H,3-7H2,1-2H3,(H2,15,19);1-2H3. The molecule has 1 aliphatic heterocycles. The zero-order valence-corrected chi connectivity index (χ0v) is 14.7. The number of hydrogen-bond donors (Lipinski definition) is 1. The lowest BCUT2D eigenvalue weighted by molar-refractivity contribution is -0.385. The summed E-state index contributed by atoms with van der Waals surface area (Å²) < 4.78 is 5.27. The second kappa shape index (κ2) is 9.07. The minimum absolute atomic E-state index is 0.0984. The van der Waals surface area contributed by atoms with Crippen molar-refractivity contribution in [3.05, 3.63) is 27.8 Å². The minimum Gasteiger partial charge on any atom is -0.494 e. The van der Waals surface area contributed by atoms with Gasteiger partial charge in [-0.1, -0.05) is 20.8 Å². The normalized spacial score (nSPS) is 14.6. The highest BCUT2D eigenvalue weighted by molar-refractivity contribution is 5.98. The molecule has 1 aliphatic rings. The minimum atomic E-state index is -0.817. The van der Waals surface area contributed by atoms with E-state index < -0.39 is 10.8 Å². The van der Waals surface area contributed by atoms with Crippen molar-refractivity contribution in [1.82, 2.24) is 4.90 Å². The summed E-state index contributed by atoms with van der Waals surface area (Å²) in [4.78, 5) is 26.3. The predicted octanol–water partition coefficient (Wildman–Crippen LogP) is 1.87. The van der Waals surface area contributed by atoms with E-state index in [4.69, 9.17) is 10.5 Å². The third-order valence-electron chi connectivity index (χ3n) is 3.92. The van der Waals surface area contributed by atoms with Crippen molar-refractivity contribution in [3.63, 3.8) is 0 Å². The number of hydrogen-bond acceptors (Lipinski definition) is 6. The van der Waals surface area contributed by atoms with Crippen LogP contribution in [0.3, 0.4) is 0 Å². The predicted molar refractivity (Wildman–Crippen MR) is 93.8 cm³/mol. The molecule has 8 nitrogen and oxygen atoms in total. The number of rotatable bonds is 5. The Morgan fingerprint density at radius 2 is 1.88 bits per heavy atom. The Balaban J connectivity index is 0.00000139. The fourth-order valence-corrected chi connectivity index (χ4v) is 2.62. The fourth-order valence-electron chi connectivity index (χ4n) is 2.62. The van der Waals surface area contributed by atoms with E-state index in [0.29, 0.717) is 11.4 Å². The van der Waals surface area contributed by atoms with Gasteiger partial charge in [-0.25, -0.2) is 0 Å². The van der Waals surface area contributed by atoms with Crippen LogP contribution in [0.5, 0.6) is 5.75 Å². The molecule has 1 aromatic carbocycles. The first-order chi connectivity index (χ1) is 11.5. The lowest BCUT2D eigenvalue weighted by Gasteiger charge is -2.36. The molecule has 0 saturated carbocycles. The molecule has 0 aliphatic carbocycles. The summed E-state index contributed by atoms with van der Waals surface area (Å²) in [6.07, 6.45) is 0. The number of nitrogens with two attached hydrogens (primary N) is 1. The van der Waals surface area contributed by atoms with Crippen LogP contribution in [-0.2, 0) is 0 Å². The van der Waals surface area contributed by atoms with Gasteiger partial charge in [-0.2, -0.15) is 0 Å². The smallest absolute Gasteiger partial charge is 0.285 e. The van der Waals surface area contributed by atoms with Gasteiger partial charge in [0.2, 0.25) is 0 Å². The summed E-state index contributed by atoms with van der Waals surface area (Å²) in [6.45, 7) is 10.4. The van der Waals surface area contributed by atoms with Gasteiger partial charge in [-0.3, -0.25) is 14.9 Å². The second-order valence-corrected chi connectivity index (χ2v) is 5.08. The highest BCUT2D eigenvalue weighted by Crippen LogP contribution is 2.35. The molecular formula is C16H26N4O4. The van der Waals surface area contributed by atoms with E-state index in [1.165, 1.54) is 19.2 Å². The van der Waals surface area contributed by atoms with Gasteiger partial charge in [-0.05, 0) is 12.6 Å². The Kier molecular flexibility index (Phi) is 7.44. The number of primary amides is 1. The first-order valence-electron chi connectivity index (χ1n) is 8.11. The first-order valence-corrected chi connectivity index (χ1v) is 8.11. The molecule has 0 radical (unpaired) electrons. The molecule has 8 heteroatoms. The van der Waals surface area contributed by atoms with Crippen LogP contribution in [-0.4, -0.2) is 55.6 Å². The Hall–Kier alpha value is -2.35. The van der Waals surface area contributed by atoms with Gasteiger partial charge < -0.3 is 20.3 Å². The van der Waals surface area contributed by atoms with Gasteiger partial charge in [0.1, 0.15) is 11.3 Å². The summed E-state index contributed by atoms with van der Waals surface area (Å²) in [5.41, 5.74) is 5.51. The first kappa shape index (κ1) is 19.7. The summed E-state index contributed by atoms with van der Waals surface area (Å²) in [5, 5.41) is 11.1. The summed E-state index contributed by atoms with van der Waals surface area (Å²) in [5.74, 6) is -0.440. The summed E-state index contributed by atoms with van der Waals surface area (Å²) in [6, 6.07) is 2.72. The van der Waals surface area contributed by atoms with Crippen LogP contribution >= 0.6 is 0 Å². The third kappa shape index (κ3) is 4.35. The number of methoxy groups -OCH3 is 1. The maximum atomic E-state index is 11.5. The number of ether oxygens (including phenoxy) is 1. The van der Waals surface area contributed by atoms with Gasteiger partial charge in [0, 0.05) is 26.2 Å². The van der Waals surface area contributed by atoms with Crippen LogP contribution in [0.1, 0.15) is 31.1 Å². The average molecular weight is 338 g/mol. The molecule has 0 aromatic heterocycles. The van der Waals surface area contributed by atoms with E-state index in [-0.39, 0.29) is 11.3 Å². The van der Waals surface area contributed by atoms with Gasteiger partial charge in [-0.15, -0.1) is 0 Å². The molecule has 0 unspecified atom stereocenters. The number of nitro groups is 1. The monoisotopic (exact) mass is 338 g/mol. The van der Waals surface area contributed by atoms with Gasteiger partial charge in [0.25, 0.3) is 11.6 Å². The number of benzene rings is 1. The van der Waals surface area contributed by atoms with Crippen molar-refractivity contribution in [2.75, 3.05) is 44.7 Å². The topological polar surface area (TPSA) is 102 Å². The van der Waals surface area contributed by atoms with Crippen LogP contribution in [0.15, 0.2) is 12.1 Å². The molecule has 1 fully saturated rings. The van der Waals surface area contributed by atoms with Crippen molar-refractivity contribution < 1.29 is 14.5 Å². The fraction of sp³-hybridized carbons (Fsp3) is 0.562. The second-order valence-electron chi connectivity index (χ2n) is 5.08. The van der Waals surface area contributed by atoms with Crippen molar-refractivity contribution in [3.8, 4) is 5.75 Å². The van der Waals surface area contributed by atoms with E-state index in [2.05, 4.69) is 16.7 Å². The molecule has 2 rings (SSSR count). The number of carbonyl (C=O) groups excluding carboxylic acids is 1. The summed E-state index contributed by atoms with van der Waals surface area (Å²) in [7, 11) is 1.45. The molecular weight excluding hydrogens is 312 g/mol. The number of carbonyl (C=O) groups is 1. The molecule has 1 saturated heterocycles. The third-order valence-corrected chi connectivity index (χ3v) is 3.92. The van der Waals surface area contributed by atoms with E-state index in [1.54, 1.807) is 0 Å². The number of amides is 1. The van der Waals surface area contributed by atoms with Crippen LogP contribution < -0.4 is 15.4 Å². The van der Waals surface area contributed by atoms with E-state index in [9.17, 15) is 14.9 Å². The zero-order chi connectivity index (χ0) is 18.3. The van der Waals surface area contributed by atoms with Crippen LogP contribution in [0.2, 0.25) is 0 Å². The largest absolute Gasteiger partial charge is 0.494 e. The highest BCUT2D eigenvalue weighted by Gasteiger charge is 2.26. The zero-order valence-electron chi connectivity index (χ0n) is 14.7. The molecule has 1 amide bonds. The Bertz CT molecular complexity index is 584. The van der Waals surface area contributed by atoms with Crippen molar-refractivity contribution in [2.45, 2.75) is 20.8 Å². The van der Waals surface area contributed by atoms with Crippen molar-refractivity contribution in [1.29, 1.82) is 0 Å². The summed E-state index contributed by atoms with van der Waals surface area (Å²) >= 11 is 0. The van der Waals surface area contributed by atoms with Crippen molar-refractivity contribution in [2.24, 2.45) is 5.73 Å². The number of anilines is 1. The Morgan fingerprint density at radius 1 is 1.29 bits per heavy atom. The average Bonchev–Trinajstić information content (AvgIpc) is 2.62. The van der Waals surface area contributed by atoms with Gasteiger partial charge in [0.05, 0.1) is 23.8 Å². The van der Waals surface area contributed by atoms with Crippen LogP contribution in [0.4, 0.5) is 11.4 Å². The molecule has 2 N–H and O–H groups in total. The number of piperazine rings is 1. The SMILES string of the molecule is CC.CCN1CCN(c2cc(C(N)=O)c([N+](=O)[O-])cc2OC)CC1. The lowest BCUT2D eigenvalue weighted by Crippen LogP contribution is -2.46. The number of nitrogens with zero attached hydrogens (tertiary/aromatic N) is 3. The Morgan fingerprint density at radius 3 is 2.29 bits per heavy atom.